The summed E-state index contributed by atoms with van der Waals surface area (Å²) >= 11 is 0. The van der Waals surface area contributed by atoms with Gasteiger partial charge in [-0.25, -0.2) is 0 Å². The van der Waals surface area contributed by atoms with Crippen molar-refractivity contribution >= 4 is 0 Å². The molecule has 4 heteroatoms. The molecular weight excluding hydrogens is 263 g/mol. The molecule has 1 unspecified atom stereocenters. The van der Waals surface area contributed by atoms with Gasteiger partial charge in [0.25, 0.3) is 0 Å². The minimum atomic E-state index is -4.24. The van der Waals surface area contributed by atoms with Crippen LogP contribution >= 0.6 is 0 Å². The minimum absolute atomic E-state index is 0.181. The number of rotatable bonds is 4. The Morgan fingerprint density at radius 3 is 2.35 bits per heavy atom. The Labute approximate surface area is 118 Å². The van der Waals surface area contributed by atoms with E-state index in [1.807, 2.05) is 0 Å². The van der Waals surface area contributed by atoms with E-state index in [1.165, 1.54) is 31.4 Å². The third-order valence-electron chi connectivity index (χ3n) is 4.43. The van der Waals surface area contributed by atoms with Gasteiger partial charge in [0.15, 0.2) is 0 Å². The number of nitrogens with one attached hydrogen (secondary N) is 1. The number of hydrogen-bond donors (Lipinski definition) is 1. The largest absolute Gasteiger partial charge is 0.416 e. The Balaban J connectivity index is 1.96. The molecule has 1 atom stereocenters. The standard InChI is InChI=1S/C16H22F3N/c1-2-15(10-3-4-12-20-15)11-9-13-5-7-14(8-6-13)16(17,18)19/h5-8,20H,2-4,9-12H2,1H3. The van der Waals surface area contributed by atoms with Crippen molar-refractivity contribution in [1.29, 1.82) is 0 Å². The number of halogens is 3. The van der Waals surface area contributed by atoms with Gasteiger partial charge in [0.2, 0.25) is 0 Å². The van der Waals surface area contributed by atoms with Crippen LogP contribution in [0.25, 0.3) is 0 Å². The second-order valence-electron chi connectivity index (χ2n) is 5.71. The van der Waals surface area contributed by atoms with Gasteiger partial charge in [0, 0.05) is 5.54 Å². The van der Waals surface area contributed by atoms with Gasteiger partial charge in [-0.2, -0.15) is 13.2 Å². The minimum Gasteiger partial charge on any atom is -0.311 e. The van der Waals surface area contributed by atoms with Gasteiger partial charge in [-0.3, -0.25) is 0 Å². The van der Waals surface area contributed by atoms with Crippen molar-refractivity contribution in [2.24, 2.45) is 0 Å². The molecule has 0 saturated carbocycles. The number of hydrogen-bond acceptors (Lipinski definition) is 1. The van der Waals surface area contributed by atoms with Crippen molar-refractivity contribution in [2.45, 2.75) is 57.2 Å². The lowest BCUT2D eigenvalue weighted by Gasteiger charge is -2.38. The van der Waals surface area contributed by atoms with Crippen molar-refractivity contribution in [3.05, 3.63) is 35.4 Å². The molecule has 0 radical (unpaired) electrons. The topological polar surface area (TPSA) is 12.0 Å². The Morgan fingerprint density at radius 1 is 1.15 bits per heavy atom. The van der Waals surface area contributed by atoms with Crippen molar-refractivity contribution < 1.29 is 13.2 Å². The zero-order chi connectivity index (χ0) is 14.6. The SMILES string of the molecule is CCC1(CCc2ccc(C(F)(F)F)cc2)CCCCN1. The summed E-state index contributed by atoms with van der Waals surface area (Å²) < 4.78 is 37.5. The van der Waals surface area contributed by atoms with Crippen LogP contribution < -0.4 is 5.32 Å². The second kappa shape index (κ2) is 6.17. The molecular formula is C16H22F3N. The van der Waals surface area contributed by atoms with E-state index in [9.17, 15) is 13.2 Å². The molecule has 0 aromatic heterocycles. The maximum absolute atomic E-state index is 12.5. The Bertz CT molecular complexity index is 416. The van der Waals surface area contributed by atoms with Gasteiger partial charge < -0.3 is 5.32 Å². The first kappa shape index (κ1) is 15.4. The molecule has 1 aromatic carbocycles. The van der Waals surface area contributed by atoms with Crippen LogP contribution in [-0.4, -0.2) is 12.1 Å². The maximum Gasteiger partial charge on any atom is 0.416 e. The van der Waals surface area contributed by atoms with Crippen LogP contribution in [0.15, 0.2) is 24.3 Å². The summed E-state index contributed by atoms with van der Waals surface area (Å²) in [5.41, 5.74) is 0.599. The highest BCUT2D eigenvalue weighted by atomic mass is 19.4. The maximum atomic E-state index is 12.5. The third-order valence-corrected chi connectivity index (χ3v) is 4.43. The van der Waals surface area contributed by atoms with Crippen LogP contribution in [0.2, 0.25) is 0 Å². The highest BCUT2D eigenvalue weighted by molar-refractivity contribution is 5.25. The average molecular weight is 285 g/mol. The first-order valence-corrected chi connectivity index (χ1v) is 7.36. The summed E-state index contributed by atoms with van der Waals surface area (Å²) in [6.45, 7) is 3.24. The van der Waals surface area contributed by atoms with Gasteiger partial charge in [0.05, 0.1) is 5.56 Å². The van der Waals surface area contributed by atoms with Gasteiger partial charge in [-0.15, -0.1) is 0 Å². The van der Waals surface area contributed by atoms with Crippen LogP contribution in [0.1, 0.15) is 50.2 Å². The number of aryl methyl sites for hydroxylation is 1. The van der Waals surface area contributed by atoms with E-state index in [0.717, 1.165) is 31.4 Å². The summed E-state index contributed by atoms with van der Waals surface area (Å²) in [7, 11) is 0. The first-order valence-electron chi connectivity index (χ1n) is 7.36. The van der Waals surface area contributed by atoms with E-state index in [1.54, 1.807) is 12.1 Å². The number of piperidine rings is 1. The molecule has 1 aromatic rings. The third kappa shape index (κ3) is 3.75. The van der Waals surface area contributed by atoms with Crippen LogP contribution in [0.4, 0.5) is 13.2 Å². The molecule has 1 saturated heterocycles. The van der Waals surface area contributed by atoms with Crippen molar-refractivity contribution in [1.82, 2.24) is 5.32 Å². The Hall–Kier alpha value is -1.03. The van der Waals surface area contributed by atoms with E-state index < -0.39 is 11.7 Å². The van der Waals surface area contributed by atoms with Crippen molar-refractivity contribution in [3.63, 3.8) is 0 Å². The fourth-order valence-electron chi connectivity index (χ4n) is 2.97. The molecule has 1 nitrogen and oxygen atoms in total. The molecule has 1 heterocycles. The average Bonchev–Trinajstić information content (AvgIpc) is 2.46. The summed E-state index contributed by atoms with van der Waals surface area (Å²) in [6.07, 6.45) is 2.30. The highest BCUT2D eigenvalue weighted by Gasteiger charge is 2.31. The number of alkyl halides is 3. The molecule has 20 heavy (non-hydrogen) atoms. The smallest absolute Gasteiger partial charge is 0.311 e. The molecule has 0 spiro atoms. The van der Waals surface area contributed by atoms with Crippen molar-refractivity contribution in [3.8, 4) is 0 Å². The molecule has 1 aliphatic rings. The molecule has 1 aliphatic heterocycles. The fraction of sp³-hybridized carbons (Fsp3) is 0.625. The molecule has 112 valence electrons. The Morgan fingerprint density at radius 2 is 1.85 bits per heavy atom. The lowest BCUT2D eigenvalue weighted by molar-refractivity contribution is -0.137. The Kier molecular flexibility index (Phi) is 4.74. The van der Waals surface area contributed by atoms with Crippen LogP contribution in [-0.2, 0) is 12.6 Å². The molecule has 0 amide bonds. The zero-order valence-corrected chi connectivity index (χ0v) is 11.9. The van der Waals surface area contributed by atoms with Gasteiger partial charge in [-0.1, -0.05) is 25.5 Å². The summed E-state index contributed by atoms with van der Waals surface area (Å²) in [6, 6.07) is 5.58. The van der Waals surface area contributed by atoms with E-state index >= 15 is 0 Å². The highest BCUT2D eigenvalue weighted by Crippen LogP contribution is 2.31. The molecule has 2 rings (SSSR count). The summed E-state index contributed by atoms with van der Waals surface area (Å²) in [4.78, 5) is 0. The van der Waals surface area contributed by atoms with Crippen molar-refractivity contribution in [2.75, 3.05) is 6.54 Å². The quantitative estimate of drug-likeness (QED) is 0.855. The molecule has 1 N–H and O–H groups in total. The molecule has 1 fully saturated rings. The lowest BCUT2D eigenvalue weighted by Crippen LogP contribution is -2.48. The monoisotopic (exact) mass is 285 g/mol. The van der Waals surface area contributed by atoms with Crippen LogP contribution in [0.3, 0.4) is 0 Å². The predicted octanol–water partition coefficient (Wildman–Crippen LogP) is 4.56. The van der Waals surface area contributed by atoms with E-state index in [0.29, 0.717) is 0 Å². The van der Waals surface area contributed by atoms with Crippen LogP contribution in [0.5, 0.6) is 0 Å². The normalized spacial score (nSPS) is 23.8. The zero-order valence-electron chi connectivity index (χ0n) is 11.9. The van der Waals surface area contributed by atoms with E-state index in [2.05, 4.69) is 12.2 Å². The summed E-state index contributed by atoms with van der Waals surface area (Å²) in [5, 5.41) is 3.61. The fourth-order valence-corrected chi connectivity index (χ4v) is 2.97. The molecule has 0 aliphatic carbocycles. The second-order valence-corrected chi connectivity index (χ2v) is 5.71. The van der Waals surface area contributed by atoms with E-state index in [4.69, 9.17) is 0 Å². The number of benzene rings is 1. The van der Waals surface area contributed by atoms with E-state index in [-0.39, 0.29) is 5.54 Å². The van der Waals surface area contributed by atoms with Gasteiger partial charge in [-0.05, 0) is 56.3 Å². The first-order chi connectivity index (χ1) is 9.45. The molecule has 0 bridgehead atoms. The van der Waals surface area contributed by atoms with Gasteiger partial charge >= 0.3 is 6.18 Å². The predicted molar refractivity (Wildman–Crippen MR) is 74.6 cm³/mol. The summed E-state index contributed by atoms with van der Waals surface area (Å²) in [5.74, 6) is 0. The lowest BCUT2D eigenvalue weighted by atomic mass is 9.81. The van der Waals surface area contributed by atoms with Gasteiger partial charge in [0.1, 0.15) is 0 Å². The van der Waals surface area contributed by atoms with Crippen LogP contribution in [0, 0.1) is 0 Å².